The largest absolute Gasteiger partial charge is 0.465 e. The third-order valence-corrected chi connectivity index (χ3v) is 6.62. The summed E-state index contributed by atoms with van der Waals surface area (Å²) >= 11 is 0. The number of nitrogens with zero attached hydrogens (tertiary/aromatic N) is 5. The maximum atomic E-state index is 12.5. The smallest absolute Gasteiger partial charge is 0.337 e. The number of esters is 1. The minimum Gasteiger partial charge on any atom is -0.465 e. The summed E-state index contributed by atoms with van der Waals surface area (Å²) in [7, 11) is 3.47. The molecule has 178 valence electrons. The molecule has 1 amide bonds. The van der Waals surface area contributed by atoms with E-state index in [1.54, 1.807) is 0 Å². The first-order chi connectivity index (χ1) is 16.0. The Morgan fingerprint density at radius 2 is 1.94 bits per heavy atom. The molecule has 4 rings (SSSR count). The van der Waals surface area contributed by atoms with E-state index in [9.17, 15) is 9.59 Å². The van der Waals surface area contributed by atoms with Crippen molar-refractivity contribution in [2.75, 3.05) is 46.9 Å². The first-order valence-corrected chi connectivity index (χ1v) is 11.8. The fourth-order valence-electron chi connectivity index (χ4n) is 4.71. The van der Waals surface area contributed by atoms with Gasteiger partial charge in [-0.05, 0) is 44.1 Å². The molecule has 0 bridgehead atoms. The van der Waals surface area contributed by atoms with Gasteiger partial charge in [0.05, 0.1) is 18.6 Å². The average molecular weight is 455 g/mol. The Morgan fingerprint density at radius 3 is 2.70 bits per heavy atom. The van der Waals surface area contributed by atoms with Crippen molar-refractivity contribution in [3.05, 3.63) is 47.0 Å². The lowest BCUT2D eigenvalue weighted by Crippen LogP contribution is -2.42. The van der Waals surface area contributed by atoms with E-state index in [0.717, 1.165) is 75.7 Å². The second kappa shape index (κ2) is 10.9. The van der Waals surface area contributed by atoms with Gasteiger partial charge in [-0.15, -0.1) is 10.2 Å². The first kappa shape index (κ1) is 23.4. The normalized spacial score (nSPS) is 19.5. The highest BCUT2D eigenvalue weighted by molar-refractivity contribution is 5.89. The van der Waals surface area contributed by atoms with Crippen LogP contribution < -0.4 is 5.32 Å². The van der Waals surface area contributed by atoms with Gasteiger partial charge in [-0.1, -0.05) is 12.1 Å². The van der Waals surface area contributed by atoms with Crippen LogP contribution in [0.4, 0.5) is 0 Å². The monoisotopic (exact) mass is 454 g/mol. The van der Waals surface area contributed by atoms with Crippen molar-refractivity contribution in [3.63, 3.8) is 0 Å². The Labute approximate surface area is 195 Å². The Balaban J connectivity index is 1.27. The molecule has 2 aliphatic rings. The molecular weight excluding hydrogens is 420 g/mol. The van der Waals surface area contributed by atoms with Crippen LogP contribution in [0, 0.1) is 5.92 Å². The molecule has 0 spiro atoms. The minimum atomic E-state index is -0.316. The number of carbonyl (C=O) groups is 2. The minimum absolute atomic E-state index is 0.0921. The second-order valence-electron chi connectivity index (χ2n) is 9.04. The van der Waals surface area contributed by atoms with Gasteiger partial charge < -0.3 is 19.5 Å². The van der Waals surface area contributed by atoms with Crippen molar-refractivity contribution in [1.29, 1.82) is 0 Å². The molecule has 3 heterocycles. The van der Waals surface area contributed by atoms with Crippen LogP contribution in [0.1, 0.15) is 40.4 Å². The van der Waals surface area contributed by atoms with Gasteiger partial charge in [-0.3, -0.25) is 9.69 Å². The number of nitrogens with one attached hydrogen (secondary N) is 1. The van der Waals surface area contributed by atoms with Crippen molar-refractivity contribution in [1.82, 2.24) is 29.9 Å². The fourth-order valence-corrected chi connectivity index (χ4v) is 4.71. The van der Waals surface area contributed by atoms with Gasteiger partial charge in [0.2, 0.25) is 5.91 Å². The highest BCUT2D eigenvalue weighted by Gasteiger charge is 2.24. The third-order valence-electron chi connectivity index (χ3n) is 6.62. The molecule has 2 aromatic rings. The van der Waals surface area contributed by atoms with Gasteiger partial charge in [0.1, 0.15) is 11.6 Å². The predicted molar refractivity (Wildman–Crippen MR) is 124 cm³/mol. The Kier molecular flexibility index (Phi) is 7.72. The number of rotatable bonds is 7. The number of fused-ring (bicyclic) bond motifs is 1. The second-order valence-corrected chi connectivity index (χ2v) is 9.04. The van der Waals surface area contributed by atoms with Gasteiger partial charge in [-0.25, -0.2) is 4.79 Å². The molecule has 1 atom stereocenters. The number of benzene rings is 1. The number of carbonyl (C=O) groups excluding carboxylic acids is 2. The molecule has 1 aromatic carbocycles. The van der Waals surface area contributed by atoms with E-state index < -0.39 is 0 Å². The number of methoxy groups -OCH3 is 1. The zero-order valence-corrected chi connectivity index (χ0v) is 19.6. The lowest BCUT2D eigenvalue weighted by molar-refractivity contribution is -0.126. The molecule has 0 saturated carbocycles. The quantitative estimate of drug-likeness (QED) is 0.627. The van der Waals surface area contributed by atoms with E-state index in [2.05, 4.69) is 36.9 Å². The molecule has 1 aromatic heterocycles. The van der Waals surface area contributed by atoms with Crippen molar-refractivity contribution in [2.45, 2.75) is 38.8 Å². The predicted octanol–water partition coefficient (Wildman–Crippen LogP) is 1.12. The van der Waals surface area contributed by atoms with Crippen LogP contribution in [-0.2, 0) is 35.5 Å². The van der Waals surface area contributed by atoms with Crippen molar-refractivity contribution in [2.24, 2.45) is 5.92 Å². The van der Waals surface area contributed by atoms with Gasteiger partial charge in [-0.2, -0.15) is 0 Å². The number of piperidine rings is 1. The number of likely N-dealkylation sites (tertiary alicyclic amines) is 1. The molecule has 0 aliphatic carbocycles. The van der Waals surface area contributed by atoms with Crippen molar-refractivity contribution < 1.29 is 14.3 Å². The molecule has 1 saturated heterocycles. The van der Waals surface area contributed by atoms with E-state index in [1.165, 1.54) is 7.11 Å². The molecule has 0 unspecified atom stereocenters. The van der Waals surface area contributed by atoms with Gasteiger partial charge >= 0.3 is 5.97 Å². The Bertz CT molecular complexity index is 958. The maximum Gasteiger partial charge on any atom is 0.337 e. The lowest BCUT2D eigenvalue weighted by Gasteiger charge is -2.28. The maximum absolute atomic E-state index is 12.5. The van der Waals surface area contributed by atoms with Crippen LogP contribution in [-0.4, -0.2) is 83.3 Å². The van der Waals surface area contributed by atoms with E-state index in [4.69, 9.17) is 4.74 Å². The van der Waals surface area contributed by atoms with Gasteiger partial charge in [0.25, 0.3) is 0 Å². The Hall–Kier alpha value is -2.78. The number of hydrogen-bond acceptors (Lipinski definition) is 7. The number of amides is 1. The van der Waals surface area contributed by atoms with Crippen LogP contribution in [0.3, 0.4) is 0 Å². The lowest BCUT2D eigenvalue weighted by atomic mass is 9.97. The molecular formula is C24H34N6O3. The molecule has 9 heteroatoms. The molecule has 2 aliphatic heterocycles. The number of aromatic nitrogens is 3. The summed E-state index contributed by atoms with van der Waals surface area (Å²) in [5.41, 5.74) is 1.73. The fraction of sp³-hybridized carbons (Fsp3) is 0.583. The van der Waals surface area contributed by atoms with E-state index >= 15 is 0 Å². The van der Waals surface area contributed by atoms with Gasteiger partial charge in [0, 0.05) is 52.1 Å². The molecule has 0 radical (unpaired) electrons. The summed E-state index contributed by atoms with van der Waals surface area (Å²) < 4.78 is 6.98. The van der Waals surface area contributed by atoms with Crippen molar-refractivity contribution in [3.8, 4) is 0 Å². The highest BCUT2D eigenvalue weighted by atomic mass is 16.5. The zero-order valence-electron chi connectivity index (χ0n) is 19.6. The molecule has 1 N–H and O–H groups in total. The van der Waals surface area contributed by atoms with Crippen molar-refractivity contribution >= 4 is 11.9 Å². The number of ether oxygens (including phenoxy) is 1. The summed E-state index contributed by atoms with van der Waals surface area (Å²) in [5.74, 6) is 1.88. The van der Waals surface area contributed by atoms with E-state index in [-0.39, 0.29) is 17.8 Å². The van der Waals surface area contributed by atoms with Crippen LogP contribution in [0.2, 0.25) is 0 Å². The number of hydrogen-bond donors (Lipinski definition) is 1. The highest BCUT2D eigenvalue weighted by Crippen LogP contribution is 2.16. The van der Waals surface area contributed by atoms with Crippen LogP contribution in [0.15, 0.2) is 24.3 Å². The van der Waals surface area contributed by atoms with Crippen LogP contribution in [0.5, 0.6) is 0 Å². The summed E-state index contributed by atoms with van der Waals surface area (Å²) in [6.45, 7) is 5.97. The van der Waals surface area contributed by atoms with Crippen LogP contribution in [0.25, 0.3) is 0 Å². The summed E-state index contributed by atoms with van der Waals surface area (Å²) in [4.78, 5) is 28.7. The molecule has 1 fully saturated rings. The summed E-state index contributed by atoms with van der Waals surface area (Å²) in [6.07, 6.45) is 3.58. The standard InChI is InChI=1S/C24H34N6O3/c1-28-12-3-4-20(17-28)23(31)25-11-9-21-26-27-22-10-13-29(14-15-30(21)22)16-18-5-7-19(8-6-18)24(32)33-2/h5-8,20H,3-4,9-17H2,1-2H3,(H,25,31)/t20-/m0/s1. The molecule has 9 nitrogen and oxygen atoms in total. The third kappa shape index (κ3) is 5.97. The molecule has 33 heavy (non-hydrogen) atoms. The summed E-state index contributed by atoms with van der Waals surface area (Å²) in [6, 6.07) is 7.59. The first-order valence-electron chi connectivity index (χ1n) is 11.8. The Morgan fingerprint density at radius 1 is 1.12 bits per heavy atom. The van der Waals surface area contributed by atoms with Gasteiger partial charge in [0.15, 0.2) is 0 Å². The summed E-state index contributed by atoms with van der Waals surface area (Å²) in [5, 5.41) is 11.9. The zero-order chi connectivity index (χ0) is 23.2. The SMILES string of the molecule is COC(=O)c1ccc(CN2CCc3nnc(CCNC(=O)[C@H]4CCCN(C)C4)n3CC2)cc1. The average Bonchev–Trinajstić information content (AvgIpc) is 3.10. The van der Waals surface area contributed by atoms with E-state index in [0.29, 0.717) is 18.5 Å². The topological polar surface area (TPSA) is 92.6 Å². The van der Waals surface area contributed by atoms with Crippen LogP contribution >= 0.6 is 0 Å². The van der Waals surface area contributed by atoms with E-state index in [1.807, 2.05) is 24.3 Å².